The second kappa shape index (κ2) is 4.66. The fourth-order valence-corrected chi connectivity index (χ4v) is 1.30. The van der Waals surface area contributed by atoms with Gasteiger partial charge in [-0.2, -0.15) is 0 Å². The molecule has 0 amide bonds. The maximum absolute atomic E-state index is 5.70. The molecule has 68 valence electrons. The molecular formula is C7H20N4. The molecule has 0 rings (SSSR count). The summed E-state index contributed by atoms with van der Waals surface area (Å²) in [6.45, 7) is 6.43. The van der Waals surface area contributed by atoms with E-state index in [1.165, 1.54) is 0 Å². The number of hydrogen-bond acceptors (Lipinski definition) is 4. The Labute approximate surface area is 68.7 Å². The van der Waals surface area contributed by atoms with Gasteiger partial charge >= 0.3 is 0 Å². The SMILES string of the molecule is CC(N)N(C(C)N)C(C)CN. The smallest absolute Gasteiger partial charge is 0.0559 e. The van der Waals surface area contributed by atoms with Crippen molar-refractivity contribution in [1.29, 1.82) is 0 Å². The molecule has 4 heteroatoms. The zero-order chi connectivity index (χ0) is 9.02. The maximum Gasteiger partial charge on any atom is 0.0559 e. The van der Waals surface area contributed by atoms with Gasteiger partial charge in [-0.1, -0.05) is 0 Å². The average molecular weight is 160 g/mol. The maximum atomic E-state index is 5.70. The van der Waals surface area contributed by atoms with Gasteiger partial charge < -0.3 is 17.2 Å². The van der Waals surface area contributed by atoms with Crippen LogP contribution < -0.4 is 17.2 Å². The Kier molecular flexibility index (Phi) is 4.60. The third kappa shape index (κ3) is 3.16. The first-order chi connectivity index (χ1) is 5.00. The average Bonchev–Trinajstić information content (AvgIpc) is 1.85. The monoisotopic (exact) mass is 160 g/mol. The van der Waals surface area contributed by atoms with Crippen LogP contribution in [0.15, 0.2) is 0 Å². The largest absolute Gasteiger partial charge is 0.329 e. The van der Waals surface area contributed by atoms with E-state index in [9.17, 15) is 0 Å². The van der Waals surface area contributed by atoms with E-state index in [4.69, 9.17) is 17.2 Å². The first-order valence-electron chi connectivity index (χ1n) is 3.99. The molecule has 0 fully saturated rings. The Morgan fingerprint density at radius 1 is 1.09 bits per heavy atom. The summed E-state index contributed by atoms with van der Waals surface area (Å²) in [4.78, 5) is 1.99. The first-order valence-corrected chi connectivity index (χ1v) is 3.99. The lowest BCUT2D eigenvalue weighted by atomic mass is 10.2. The van der Waals surface area contributed by atoms with E-state index in [1.54, 1.807) is 0 Å². The molecule has 3 unspecified atom stereocenters. The van der Waals surface area contributed by atoms with Gasteiger partial charge in [-0.3, -0.25) is 4.90 Å². The second-order valence-corrected chi connectivity index (χ2v) is 3.01. The third-order valence-electron chi connectivity index (χ3n) is 1.79. The molecule has 0 aromatic carbocycles. The van der Waals surface area contributed by atoms with Gasteiger partial charge in [0.25, 0.3) is 0 Å². The molecule has 0 spiro atoms. The summed E-state index contributed by atoms with van der Waals surface area (Å²) < 4.78 is 0. The molecule has 0 bridgehead atoms. The van der Waals surface area contributed by atoms with Crippen LogP contribution in [0.2, 0.25) is 0 Å². The highest BCUT2D eigenvalue weighted by Gasteiger charge is 2.18. The molecule has 0 aliphatic carbocycles. The van der Waals surface area contributed by atoms with E-state index in [1.807, 2.05) is 25.7 Å². The Morgan fingerprint density at radius 2 is 1.45 bits per heavy atom. The van der Waals surface area contributed by atoms with Gasteiger partial charge in [0.1, 0.15) is 0 Å². The topological polar surface area (TPSA) is 81.3 Å². The van der Waals surface area contributed by atoms with E-state index in [2.05, 4.69) is 0 Å². The van der Waals surface area contributed by atoms with Gasteiger partial charge in [0.05, 0.1) is 12.3 Å². The van der Waals surface area contributed by atoms with Crippen LogP contribution in [0.1, 0.15) is 20.8 Å². The minimum absolute atomic E-state index is 0.0338. The summed E-state index contributed by atoms with van der Waals surface area (Å²) >= 11 is 0. The molecule has 0 saturated heterocycles. The van der Waals surface area contributed by atoms with Crippen molar-refractivity contribution in [3.8, 4) is 0 Å². The van der Waals surface area contributed by atoms with Gasteiger partial charge in [0, 0.05) is 12.6 Å². The van der Waals surface area contributed by atoms with E-state index in [0.717, 1.165) is 0 Å². The van der Waals surface area contributed by atoms with Crippen LogP contribution in [0.4, 0.5) is 0 Å². The minimum Gasteiger partial charge on any atom is -0.329 e. The number of nitrogens with two attached hydrogens (primary N) is 3. The number of nitrogens with zero attached hydrogens (tertiary/aromatic N) is 1. The summed E-state index contributed by atoms with van der Waals surface area (Å²) in [6, 6.07) is 0.245. The van der Waals surface area contributed by atoms with E-state index < -0.39 is 0 Å². The van der Waals surface area contributed by atoms with Crippen molar-refractivity contribution in [1.82, 2.24) is 4.90 Å². The quantitative estimate of drug-likeness (QED) is 0.472. The molecule has 0 saturated carbocycles. The molecule has 4 nitrogen and oxygen atoms in total. The van der Waals surface area contributed by atoms with Gasteiger partial charge in [-0.15, -0.1) is 0 Å². The molecule has 0 aliphatic heterocycles. The van der Waals surface area contributed by atoms with Crippen LogP contribution in [0.25, 0.3) is 0 Å². The van der Waals surface area contributed by atoms with E-state index >= 15 is 0 Å². The zero-order valence-electron chi connectivity index (χ0n) is 7.62. The van der Waals surface area contributed by atoms with Crippen LogP contribution in [0, 0.1) is 0 Å². The van der Waals surface area contributed by atoms with Crippen LogP contribution in [0.5, 0.6) is 0 Å². The standard InChI is InChI=1S/C7H20N4/c1-5(4-8)11(6(2)9)7(3)10/h5-7H,4,8-10H2,1-3H3. The van der Waals surface area contributed by atoms with E-state index in [-0.39, 0.29) is 18.4 Å². The molecule has 11 heavy (non-hydrogen) atoms. The zero-order valence-corrected chi connectivity index (χ0v) is 7.62. The highest BCUT2D eigenvalue weighted by Crippen LogP contribution is 2.02. The van der Waals surface area contributed by atoms with Crippen LogP contribution in [-0.2, 0) is 0 Å². The predicted molar refractivity (Wildman–Crippen MR) is 47.7 cm³/mol. The Morgan fingerprint density at radius 3 is 1.55 bits per heavy atom. The molecule has 0 aromatic rings. The highest BCUT2D eigenvalue weighted by molar-refractivity contribution is 4.73. The number of hydrogen-bond donors (Lipinski definition) is 3. The van der Waals surface area contributed by atoms with Crippen LogP contribution in [-0.4, -0.2) is 29.8 Å². The summed E-state index contributed by atoms with van der Waals surface area (Å²) in [7, 11) is 0. The molecule has 6 N–H and O–H groups in total. The van der Waals surface area contributed by atoms with Crippen LogP contribution in [0.3, 0.4) is 0 Å². The predicted octanol–water partition coefficient (Wildman–Crippen LogP) is -0.755. The summed E-state index contributed by atoms with van der Waals surface area (Å²) in [5.74, 6) is 0. The van der Waals surface area contributed by atoms with Crippen molar-refractivity contribution in [2.24, 2.45) is 17.2 Å². The second-order valence-electron chi connectivity index (χ2n) is 3.01. The molecule has 0 radical (unpaired) electrons. The lowest BCUT2D eigenvalue weighted by Gasteiger charge is -2.34. The fourth-order valence-electron chi connectivity index (χ4n) is 1.30. The van der Waals surface area contributed by atoms with Crippen molar-refractivity contribution in [3.05, 3.63) is 0 Å². The van der Waals surface area contributed by atoms with Crippen molar-refractivity contribution >= 4 is 0 Å². The highest BCUT2D eigenvalue weighted by atomic mass is 15.3. The van der Waals surface area contributed by atoms with E-state index in [0.29, 0.717) is 6.54 Å². The van der Waals surface area contributed by atoms with Crippen molar-refractivity contribution in [2.45, 2.75) is 39.1 Å². The van der Waals surface area contributed by atoms with Crippen molar-refractivity contribution < 1.29 is 0 Å². The lowest BCUT2D eigenvalue weighted by molar-refractivity contribution is 0.114. The molecule has 0 heterocycles. The van der Waals surface area contributed by atoms with Gasteiger partial charge in [-0.25, -0.2) is 0 Å². The third-order valence-corrected chi connectivity index (χ3v) is 1.79. The minimum atomic E-state index is -0.0338. The molecule has 0 aliphatic rings. The van der Waals surface area contributed by atoms with Crippen molar-refractivity contribution in [3.63, 3.8) is 0 Å². The van der Waals surface area contributed by atoms with Gasteiger partial charge in [0.15, 0.2) is 0 Å². The molecular weight excluding hydrogens is 140 g/mol. The fraction of sp³-hybridized carbons (Fsp3) is 1.00. The Bertz CT molecular complexity index is 94.6. The summed E-state index contributed by atoms with van der Waals surface area (Å²) in [5, 5.41) is 0. The molecule has 0 aromatic heterocycles. The summed E-state index contributed by atoms with van der Waals surface area (Å²) in [6.07, 6.45) is -0.0675. The van der Waals surface area contributed by atoms with Gasteiger partial charge in [0.2, 0.25) is 0 Å². The van der Waals surface area contributed by atoms with Gasteiger partial charge in [-0.05, 0) is 20.8 Å². The first kappa shape index (κ1) is 10.8. The number of rotatable bonds is 4. The Balaban J connectivity index is 4.09. The summed E-state index contributed by atoms with van der Waals surface area (Å²) in [5.41, 5.74) is 16.9. The Hall–Kier alpha value is -0.160. The normalized spacial score (nSPS) is 19.9. The molecule has 3 atom stereocenters. The lowest BCUT2D eigenvalue weighted by Crippen LogP contribution is -2.55. The van der Waals surface area contributed by atoms with Crippen LogP contribution >= 0.6 is 0 Å². The van der Waals surface area contributed by atoms with Crippen molar-refractivity contribution in [2.75, 3.05) is 6.54 Å².